The minimum absolute atomic E-state index is 0.107. The Morgan fingerprint density at radius 2 is 2.32 bits per heavy atom. The fourth-order valence-corrected chi connectivity index (χ4v) is 2.45. The van der Waals surface area contributed by atoms with Crippen LogP contribution in [0.3, 0.4) is 0 Å². The van der Waals surface area contributed by atoms with Crippen molar-refractivity contribution in [1.29, 1.82) is 0 Å². The first-order valence-corrected chi connectivity index (χ1v) is 7.61. The molecule has 2 aromatic rings. The molecule has 7 heteroatoms. The highest BCUT2D eigenvalue weighted by Gasteiger charge is 2.15. The maximum atomic E-state index is 12.0. The third kappa shape index (κ3) is 3.80. The number of nitrogens with zero attached hydrogens (tertiary/aromatic N) is 2. The molecule has 118 valence electrons. The van der Waals surface area contributed by atoms with Crippen molar-refractivity contribution in [3.8, 4) is 0 Å². The van der Waals surface area contributed by atoms with Gasteiger partial charge >= 0.3 is 0 Å². The molecule has 2 heterocycles. The van der Waals surface area contributed by atoms with Gasteiger partial charge in [0.25, 0.3) is 5.91 Å². The third-order valence-corrected chi connectivity index (χ3v) is 3.66. The number of rotatable bonds is 7. The second-order valence-electron chi connectivity index (χ2n) is 5.35. The Hall–Kier alpha value is -1.99. The number of amides is 1. The number of carbonyl (C=O) groups is 1. The highest BCUT2D eigenvalue weighted by Crippen LogP contribution is 2.12. The van der Waals surface area contributed by atoms with Crippen LogP contribution < -0.4 is 5.32 Å². The molecule has 1 amide bonds. The average molecular weight is 304 g/mol. The fraction of sp³-hybridized carbons (Fsp3) is 0.533. The fourth-order valence-electron chi connectivity index (χ4n) is 2.45. The normalized spacial score (nSPS) is 17.9. The van der Waals surface area contributed by atoms with E-state index in [0.29, 0.717) is 30.8 Å². The van der Waals surface area contributed by atoms with Crippen LogP contribution in [0.2, 0.25) is 0 Å². The Labute approximate surface area is 128 Å². The van der Waals surface area contributed by atoms with Gasteiger partial charge in [0.15, 0.2) is 0 Å². The molecule has 0 spiro atoms. The van der Waals surface area contributed by atoms with Crippen molar-refractivity contribution in [1.82, 2.24) is 20.7 Å². The van der Waals surface area contributed by atoms with Gasteiger partial charge < -0.3 is 14.8 Å². The van der Waals surface area contributed by atoms with Crippen LogP contribution in [0, 0.1) is 0 Å². The Balaban J connectivity index is 1.35. The molecular formula is C15H20N4O3. The lowest BCUT2D eigenvalue weighted by molar-refractivity contribution is 0.0166. The molecule has 1 aromatic carbocycles. The molecule has 1 aliphatic heterocycles. The van der Waals surface area contributed by atoms with Gasteiger partial charge in [-0.2, -0.15) is 15.4 Å². The number of aromatic nitrogens is 3. The van der Waals surface area contributed by atoms with Crippen LogP contribution in [0.1, 0.15) is 29.6 Å². The summed E-state index contributed by atoms with van der Waals surface area (Å²) in [5.74, 6) is -0.107. The lowest BCUT2D eigenvalue weighted by Gasteiger charge is -2.10. The molecule has 1 atom stereocenters. The van der Waals surface area contributed by atoms with Crippen LogP contribution >= 0.6 is 0 Å². The van der Waals surface area contributed by atoms with E-state index in [-0.39, 0.29) is 12.0 Å². The SMILES string of the molecule is O=C(NCCCOC[C@H]1CCCO1)c1ccc2n[nH]nc2c1. The van der Waals surface area contributed by atoms with Gasteiger partial charge in [-0.1, -0.05) is 0 Å². The van der Waals surface area contributed by atoms with Gasteiger partial charge in [0.05, 0.1) is 12.7 Å². The zero-order valence-corrected chi connectivity index (χ0v) is 12.4. The summed E-state index contributed by atoms with van der Waals surface area (Å²) in [7, 11) is 0. The van der Waals surface area contributed by atoms with Gasteiger partial charge in [0.1, 0.15) is 11.0 Å². The zero-order chi connectivity index (χ0) is 15.2. The number of nitrogens with one attached hydrogen (secondary N) is 2. The van der Waals surface area contributed by atoms with E-state index in [4.69, 9.17) is 9.47 Å². The second-order valence-corrected chi connectivity index (χ2v) is 5.35. The number of carbonyl (C=O) groups excluding carboxylic acids is 1. The third-order valence-electron chi connectivity index (χ3n) is 3.66. The van der Waals surface area contributed by atoms with Crippen molar-refractivity contribution in [3.63, 3.8) is 0 Å². The van der Waals surface area contributed by atoms with Crippen LogP contribution in [0.15, 0.2) is 18.2 Å². The lowest BCUT2D eigenvalue weighted by Crippen LogP contribution is -2.25. The molecule has 22 heavy (non-hydrogen) atoms. The molecule has 0 unspecified atom stereocenters. The van der Waals surface area contributed by atoms with Crippen LogP contribution in [-0.2, 0) is 9.47 Å². The second kappa shape index (κ2) is 7.33. The van der Waals surface area contributed by atoms with Gasteiger partial charge in [0, 0.05) is 25.3 Å². The molecule has 1 aliphatic rings. The number of hydrogen-bond acceptors (Lipinski definition) is 5. The van der Waals surface area contributed by atoms with E-state index in [0.717, 1.165) is 31.4 Å². The topological polar surface area (TPSA) is 89.1 Å². The van der Waals surface area contributed by atoms with Crippen LogP contribution in [0.25, 0.3) is 11.0 Å². The predicted molar refractivity (Wildman–Crippen MR) is 80.6 cm³/mol. The summed E-state index contributed by atoms with van der Waals surface area (Å²) >= 11 is 0. The van der Waals surface area contributed by atoms with E-state index in [1.165, 1.54) is 0 Å². The summed E-state index contributed by atoms with van der Waals surface area (Å²) in [5, 5.41) is 13.3. The van der Waals surface area contributed by atoms with Crippen LogP contribution in [-0.4, -0.2) is 53.8 Å². The number of benzene rings is 1. The summed E-state index contributed by atoms with van der Waals surface area (Å²) in [4.78, 5) is 12.0. The maximum absolute atomic E-state index is 12.0. The van der Waals surface area contributed by atoms with E-state index in [1.807, 2.05) is 0 Å². The van der Waals surface area contributed by atoms with E-state index in [9.17, 15) is 4.79 Å². The highest BCUT2D eigenvalue weighted by molar-refractivity contribution is 5.97. The minimum atomic E-state index is -0.107. The quantitative estimate of drug-likeness (QED) is 0.752. The zero-order valence-electron chi connectivity index (χ0n) is 12.4. The van der Waals surface area contributed by atoms with E-state index in [1.54, 1.807) is 18.2 Å². The number of hydrogen-bond donors (Lipinski definition) is 2. The molecule has 0 saturated carbocycles. The molecule has 0 radical (unpaired) electrons. The van der Waals surface area contributed by atoms with Crippen molar-refractivity contribution in [3.05, 3.63) is 23.8 Å². The number of ether oxygens (including phenoxy) is 2. The van der Waals surface area contributed by atoms with Crippen LogP contribution in [0.5, 0.6) is 0 Å². The van der Waals surface area contributed by atoms with Gasteiger partial charge in [-0.25, -0.2) is 0 Å². The smallest absolute Gasteiger partial charge is 0.251 e. The van der Waals surface area contributed by atoms with Gasteiger partial charge in [-0.05, 0) is 37.5 Å². The Kier molecular flexibility index (Phi) is 4.97. The lowest BCUT2D eigenvalue weighted by atomic mass is 10.2. The molecule has 1 aromatic heterocycles. The van der Waals surface area contributed by atoms with E-state index in [2.05, 4.69) is 20.7 Å². The van der Waals surface area contributed by atoms with Crippen molar-refractivity contribution in [2.24, 2.45) is 0 Å². The summed E-state index contributed by atoms with van der Waals surface area (Å²) in [6.07, 6.45) is 3.25. The molecule has 0 bridgehead atoms. The first-order chi connectivity index (χ1) is 10.8. The largest absolute Gasteiger partial charge is 0.379 e. The highest BCUT2D eigenvalue weighted by atomic mass is 16.5. The maximum Gasteiger partial charge on any atom is 0.251 e. The summed E-state index contributed by atoms with van der Waals surface area (Å²) in [6.45, 7) is 2.71. The minimum Gasteiger partial charge on any atom is -0.379 e. The first kappa shape index (κ1) is 14.9. The summed E-state index contributed by atoms with van der Waals surface area (Å²) < 4.78 is 11.0. The molecule has 3 rings (SSSR count). The first-order valence-electron chi connectivity index (χ1n) is 7.61. The van der Waals surface area contributed by atoms with Gasteiger partial charge in [-0.15, -0.1) is 0 Å². The van der Waals surface area contributed by atoms with Crippen molar-refractivity contribution in [2.75, 3.05) is 26.4 Å². The molecule has 1 saturated heterocycles. The standard InChI is InChI=1S/C15H20N4O3/c20-15(11-4-5-13-14(9-11)18-19-17-13)16-6-2-7-21-10-12-3-1-8-22-12/h4-5,9,12H,1-3,6-8,10H2,(H,16,20)(H,17,18,19)/t12-/m1/s1. The number of fused-ring (bicyclic) bond motifs is 1. The van der Waals surface area contributed by atoms with E-state index >= 15 is 0 Å². The van der Waals surface area contributed by atoms with Crippen molar-refractivity contribution in [2.45, 2.75) is 25.4 Å². The van der Waals surface area contributed by atoms with Gasteiger partial charge in [0.2, 0.25) is 0 Å². The molecule has 2 N–H and O–H groups in total. The molecule has 1 fully saturated rings. The average Bonchev–Trinajstić information content (AvgIpc) is 3.20. The molecule has 7 nitrogen and oxygen atoms in total. The van der Waals surface area contributed by atoms with Crippen molar-refractivity contribution >= 4 is 16.9 Å². The molecular weight excluding hydrogens is 284 g/mol. The summed E-state index contributed by atoms with van der Waals surface area (Å²) in [6, 6.07) is 5.24. The van der Waals surface area contributed by atoms with E-state index < -0.39 is 0 Å². The summed E-state index contributed by atoms with van der Waals surface area (Å²) in [5.41, 5.74) is 2.02. The molecule has 0 aliphatic carbocycles. The number of H-pyrrole nitrogens is 1. The Morgan fingerprint density at radius 1 is 1.41 bits per heavy atom. The Bertz CT molecular complexity index is 622. The van der Waals surface area contributed by atoms with Gasteiger partial charge in [-0.3, -0.25) is 4.79 Å². The Morgan fingerprint density at radius 3 is 3.18 bits per heavy atom. The predicted octanol–water partition coefficient (Wildman–Crippen LogP) is 1.27. The van der Waals surface area contributed by atoms with Crippen LogP contribution in [0.4, 0.5) is 0 Å². The monoisotopic (exact) mass is 304 g/mol. The number of aromatic amines is 1. The van der Waals surface area contributed by atoms with Crippen molar-refractivity contribution < 1.29 is 14.3 Å².